The Morgan fingerprint density at radius 1 is 0.846 bits per heavy atom. The van der Waals surface area contributed by atoms with Crippen LogP contribution in [-0.4, -0.2) is 20.5 Å². The first-order chi connectivity index (χ1) is 12.8. The van der Waals surface area contributed by atoms with Gasteiger partial charge in [-0.3, -0.25) is 9.78 Å². The maximum absolute atomic E-state index is 11.6. The molecule has 0 unspecified atom stereocenters. The Hall–Kier alpha value is -3.73. The van der Waals surface area contributed by atoms with Gasteiger partial charge in [-0.2, -0.15) is 5.10 Å². The van der Waals surface area contributed by atoms with Crippen LogP contribution in [0.4, 0.5) is 0 Å². The minimum Gasteiger partial charge on any atom is -0.366 e. The topological polar surface area (TPSA) is 73.3 Å². The van der Waals surface area contributed by atoms with Crippen LogP contribution in [0.3, 0.4) is 0 Å². The lowest BCUT2D eigenvalue weighted by molar-refractivity contribution is 0.100. The van der Waals surface area contributed by atoms with Crippen molar-refractivity contribution in [1.29, 1.82) is 0 Å². The van der Waals surface area contributed by atoms with Crippen molar-refractivity contribution in [2.75, 3.05) is 0 Å². The number of carbonyl (C=O) groups is 1. The van der Waals surface area contributed by atoms with Gasteiger partial charge in [-0.05, 0) is 18.2 Å². The second-order valence-electron chi connectivity index (χ2n) is 5.45. The molecule has 3 rings (SSSR count). The Labute approximate surface area is 151 Å². The van der Waals surface area contributed by atoms with Crippen LogP contribution >= 0.6 is 0 Å². The molecule has 128 valence electrons. The largest absolute Gasteiger partial charge is 0.366 e. The summed E-state index contributed by atoms with van der Waals surface area (Å²) in [5.41, 5.74) is 6.78. The van der Waals surface area contributed by atoms with Crippen LogP contribution in [0.25, 0.3) is 16.3 Å². The van der Waals surface area contributed by atoms with Gasteiger partial charge in [0.05, 0.1) is 11.7 Å². The summed E-state index contributed by atoms with van der Waals surface area (Å²) in [5.74, 6) is -0.468. The minimum atomic E-state index is -0.468. The molecule has 0 bridgehead atoms. The first-order valence-electron chi connectivity index (χ1n) is 8.10. The Kier molecular flexibility index (Phi) is 5.52. The van der Waals surface area contributed by atoms with Crippen LogP contribution in [0.2, 0.25) is 0 Å². The summed E-state index contributed by atoms with van der Waals surface area (Å²) in [7, 11) is 0. The van der Waals surface area contributed by atoms with Crippen molar-refractivity contribution in [2.24, 2.45) is 5.73 Å². The summed E-state index contributed by atoms with van der Waals surface area (Å²) in [6.45, 7) is 0. The number of hydrogen-bond acceptors (Lipinski definition) is 3. The van der Waals surface area contributed by atoms with Gasteiger partial charge >= 0.3 is 0 Å². The molecule has 26 heavy (non-hydrogen) atoms. The van der Waals surface area contributed by atoms with Gasteiger partial charge in [0, 0.05) is 34.9 Å². The number of primary amides is 1. The third-order valence-corrected chi connectivity index (χ3v) is 3.63. The van der Waals surface area contributed by atoms with E-state index in [0.29, 0.717) is 5.56 Å². The summed E-state index contributed by atoms with van der Waals surface area (Å²) in [4.78, 5) is 15.8. The minimum absolute atomic E-state index is 0.448. The van der Waals surface area contributed by atoms with Gasteiger partial charge in [0.25, 0.3) is 0 Å². The zero-order valence-corrected chi connectivity index (χ0v) is 14.1. The van der Waals surface area contributed by atoms with Gasteiger partial charge in [-0.15, -0.1) is 0 Å². The van der Waals surface area contributed by atoms with Gasteiger partial charge in [0.2, 0.25) is 5.91 Å². The van der Waals surface area contributed by atoms with Crippen molar-refractivity contribution >= 4 is 22.2 Å². The van der Waals surface area contributed by atoms with E-state index >= 15 is 0 Å². The maximum Gasteiger partial charge on any atom is 0.248 e. The van der Waals surface area contributed by atoms with E-state index in [0.717, 1.165) is 16.3 Å². The number of nitrogens with zero attached hydrogens (tertiary/aromatic N) is 3. The molecule has 0 saturated heterocycles. The fourth-order valence-corrected chi connectivity index (χ4v) is 2.47. The van der Waals surface area contributed by atoms with Crippen molar-refractivity contribution < 1.29 is 4.79 Å². The normalized spacial score (nSPS) is 9.85. The third-order valence-electron chi connectivity index (χ3n) is 3.63. The van der Waals surface area contributed by atoms with E-state index in [2.05, 4.69) is 10.1 Å². The predicted octanol–water partition coefficient (Wildman–Crippen LogP) is 3.79. The maximum atomic E-state index is 11.6. The molecule has 3 aromatic rings. The number of hydrogen-bond donors (Lipinski definition) is 1. The molecule has 0 fully saturated rings. The molecule has 2 N–H and O–H groups in total. The highest BCUT2D eigenvalue weighted by Crippen LogP contribution is 2.20. The predicted molar refractivity (Wildman–Crippen MR) is 103 cm³/mol. The Morgan fingerprint density at radius 2 is 1.50 bits per heavy atom. The molecule has 2 aromatic heterocycles. The van der Waals surface area contributed by atoms with Crippen LogP contribution in [0.5, 0.6) is 0 Å². The average molecular weight is 342 g/mol. The molecule has 1 amide bonds. The molecule has 0 spiro atoms. The average Bonchev–Trinajstić information content (AvgIpc) is 3.04. The van der Waals surface area contributed by atoms with Crippen LogP contribution in [0.15, 0.2) is 97.6 Å². The highest BCUT2D eigenvalue weighted by molar-refractivity contribution is 6.03. The molecule has 1 aromatic carbocycles. The zero-order chi connectivity index (χ0) is 18.2. The van der Waals surface area contributed by atoms with E-state index in [1.807, 2.05) is 60.7 Å². The fourth-order valence-electron chi connectivity index (χ4n) is 2.47. The molecule has 2 heterocycles. The van der Waals surface area contributed by atoms with Gasteiger partial charge in [-0.25, -0.2) is 4.52 Å². The van der Waals surface area contributed by atoms with Crippen LogP contribution < -0.4 is 5.73 Å². The molecule has 0 atom stereocenters. The lowest BCUT2D eigenvalue weighted by Gasteiger charge is -1.99. The Balaban J connectivity index is 2.33. The summed E-state index contributed by atoms with van der Waals surface area (Å²) < 4.78 is 1.72. The van der Waals surface area contributed by atoms with Crippen molar-refractivity contribution in [2.45, 2.75) is 0 Å². The molecular formula is C21H18N4O. The number of aromatic nitrogens is 3. The number of amides is 1. The van der Waals surface area contributed by atoms with E-state index in [1.54, 1.807) is 41.4 Å². The van der Waals surface area contributed by atoms with Crippen molar-refractivity contribution in [3.63, 3.8) is 0 Å². The van der Waals surface area contributed by atoms with Crippen molar-refractivity contribution in [1.82, 2.24) is 14.6 Å². The molecule has 0 aliphatic heterocycles. The van der Waals surface area contributed by atoms with Crippen molar-refractivity contribution in [3.05, 3.63) is 103 Å². The van der Waals surface area contributed by atoms with E-state index in [9.17, 15) is 4.79 Å². The van der Waals surface area contributed by atoms with Crippen LogP contribution in [0.1, 0.15) is 10.4 Å². The second-order valence-corrected chi connectivity index (χ2v) is 5.45. The van der Waals surface area contributed by atoms with E-state index < -0.39 is 5.91 Å². The molecule has 0 radical (unpaired) electrons. The quantitative estimate of drug-likeness (QED) is 0.731. The summed E-state index contributed by atoms with van der Waals surface area (Å²) >= 11 is 0. The fraction of sp³-hybridized carbons (Fsp3) is 0. The highest BCUT2D eigenvalue weighted by atomic mass is 16.1. The van der Waals surface area contributed by atoms with Gasteiger partial charge < -0.3 is 5.73 Å². The van der Waals surface area contributed by atoms with Crippen LogP contribution in [-0.2, 0) is 0 Å². The van der Waals surface area contributed by atoms with Crippen molar-refractivity contribution in [3.8, 4) is 0 Å². The smallest absolute Gasteiger partial charge is 0.248 e. The van der Waals surface area contributed by atoms with E-state index in [4.69, 9.17) is 5.73 Å². The molecule has 5 nitrogen and oxygen atoms in total. The molecule has 5 heteroatoms. The van der Waals surface area contributed by atoms with Gasteiger partial charge in [-0.1, -0.05) is 54.6 Å². The zero-order valence-electron chi connectivity index (χ0n) is 14.1. The third kappa shape index (κ3) is 4.21. The standard InChI is InChI=1S/C21H18N4O/c22-21(26)18-14-17-10-8-6-4-2-1-3-5-7-9-11-23-12-13-25-20(17)19(15-18)16-24-25/h1-16H,(H2,22,26). The number of benzene rings is 1. The first-order valence-corrected chi connectivity index (χ1v) is 8.10. The lowest BCUT2D eigenvalue weighted by Crippen LogP contribution is -2.10. The van der Waals surface area contributed by atoms with Crippen LogP contribution in [0, 0.1) is 0 Å². The van der Waals surface area contributed by atoms with Gasteiger partial charge in [0.1, 0.15) is 0 Å². The number of carbonyl (C=O) groups excluding carboxylic acids is 1. The van der Waals surface area contributed by atoms with E-state index in [-0.39, 0.29) is 0 Å². The molecule has 0 aliphatic rings. The summed E-state index contributed by atoms with van der Waals surface area (Å²) in [6, 6.07) is 22.6. The number of rotatable bonds is 1. The Morgan fingerprint density at radius 3 is 2.23 bits per heavy atom. The first kappa shape index (κ1) is 17.1. The van der Waals surface area contributed by atoms with E-state index in [1.165, 1.54) is 0 Å². The summed E-state index contributed by atoms with van der Waals surface area (Å²) in [5, 5.41) is 6.04. The highest BCUT2D eigenvalue weighted by Gasteiger charge is 2.07. The monoisotopic (exact) mass is 342 g/mol. The Bertz CT molecular complexity index is 1090. The summed E-state index contributed by atoms with van der Waals surface area (Å²) in [6.07, 6.45) is 6.82. The second kappa shape index (κ2) is 8.39. The molecular weight excluding hydrogens is 324 g/mol. The molecule has 0 aliphatic carbocycles. The number of nitrogens with two attached hydrogens (primary N) is 1. The molecule has 0 saturated carbocycles. The van der Waals surface area contributed by atoms with Gasteiger partial charge in [0.15, 0.2) is 0 Å². The lowest BCUT2D eigenvalue weighted by atomic mass is 10.1. The SMILES string of the molecule is NC(=O)c1cc2cccccccccccnccn3ncc(c1)c23.